The topological polar surface area (TPSA) is 66.8 Å². The van der Waals surface area contributed by atoms with Crippen molar-refractivity contribution in [2.45, 2.75) is 19.8 Å². The van der Waals surface area contributed by atoms with Crippen LogP contribution in [0.5, 0.6) is 11.5 Å². The Hall–Kier alpha value is -1.71. The molecule has 2 unspecified atom stereocenters. The Morgan fingerprint density at radius 1 is 1.59 bits per heavy atom. The van der Waals surface area contributed by atoms with Gasteiger partial charge in [0.15, 0.2) is 11.5 Å². The maximum Gasteiger partial charge on any atom is 0.307 e. The zero-order valence-electron chi connectivity index (χ0n) is 9.93. The number of carbonyl (C=O) groups is 1. The van der Waals surface area contributed by atoms with Gasteiger partial charge in [-0.15, -0.1) is 0 Å². The van der Waals surface area contributed by atoms with Gasteiger partial charge in [0.25, 0.3) is 0 Å². The van der Waals surface area contributed by atoms with Crippen LogP contribution in [0.25, 0.3) is 0 Å². The van der Waals surface area contributed by atoms with Gasteiger partial charge < -0.3 is 14.9 Å². The lowest BCUT2D eigenvalue weighted by atomic mass is 9.96. The summed E-state index contributed by atoms with van der Waals surface area (Å²) in [5.41, 5.74) is 0.833. The van der Waals surface area contributed by atoms with Crippen LogP contribution in [-0.4, -0.2) is 23.3 Å². The van der Waals surface area contributed by atoms with E-state index in [-0.39, 0.29) is 17.1 Å². The van der Waals surface area contributed by atoms with E-state index in [1.165, 1.54) is 7.11 Å². The van der Waals surface area contributed by atoms with Crippen LogP contribution in [0, 0.1) is 11.3 Å². The Morgan fingerprint density at radius 3 is 2.82 bits per heavy atom. The molecule has 2 N–H and O–H groups in total. The standard InChI is InChI=1S/C13H16O4/c1-13(7-9(13)12(15)16)6-8-3-4-10(14)11(5-8)17-2/h3-5,9,14H,6-7H2,1-2H3,(H,15,16). The van der Waals surface area contributed by atoms with Crippen LogP contribution in [0.1, 0.15) is 18.9 Å². The molecule has 1 aliphatic rings. The average Bonchev–Trinajstić information content (AvgIpc) is 2.94. The highest BCUT2D eigenvalue weighted by Crippen LogP contribution is 2.54. The van der Waals surface area contributed by atoms with Gasteiger partial charge in [0.1, 0.15) is 0 Å². The second-order valence-electron chi connectivity index (χ2n) is 4.93. The Kier molecular flexibility index (Phi) is 2.73. The molecule has 0 aromatic heterocycles. The Bertz CT molecular complexity index is 455. The van der Waals surface area contributed by atoms with E-state index in [2.05, 4.69) is 0 Å². The summed E-state index contributed by atoms with van der Waals surface area (Å²) in [5.74, 6) is -0.439. The Balaban J connectivity index is 2.13. The molecule has 1 aromatic rings. The molecule has 1 fully saturated rings. The van der Waals surface area contributed by atoms with Crippen molar-refractivity contribution in [3.63, 3.8) is 0 Å². The number of aromatic hydroxyl groups is 1. The maximum absolute atomic E-state index is 10.9. The number of carboxylic acid groups (broad SMARTS) is 1. The largest absolute Gasteiger partial charge is 0.504 e. The number of ether oxygens (including phenoxy) is 1. The van der Waals surface area contributed by atoms with Gasteiger partial charge >= 0.3 is 5.97 Å². The van der Waals surface area contributed by atoms with Gasteiger partial charge in [-0.3, -0.25) is 4.79 Å². The number of rotatable bonds is 4. The lowest BCUT2D eigenvalue weighted by molar-refractivity contribution is -0.139. The number of benzene rings is 1. The summed E-state index contributed by atoms with van der Waals surface area (Å²) in [6, 6.07) is 5.15. The summed E-state index contributed by atoms with van der Waals surface area (Å²) in [5, 5.41) is 18.4. The summed E-state index contributed by atoms with van der Waals surface area (Å²) >= 11 is 0. The third kappa shape index (κ3) is 2.20. The fourth-order valence-electron chi connectivity index (χ4n) is 2.29. The molecular formula is C13H16O4. The molecule has 0 amide bonds. The molecule has 2 rings (SSSR count). The average molecular weight is 236 g/mol. The van der Waals surface area contributed by atoms with Crippen LogP contribution in [0.15, 0.2) is 18.2 Å². The van der Waals surface area contributed by atoms with Crippen LogP contribution in [0.3, 0.4) is 0 Å². The molecule has 2 atom stereocenters. The summed E-state index contributed by atoms with van der Waals surface area (Å²) < 4.78 is 5.03. The van der Waals surface area contributed by atoms with Crippen molar-refractivity contribution < 1.29 is 19.7 Å². The maximum atomic E-state index is 10.9. The van der Waals surface area contributed by atoms with Crippen molar-refractivity contribution in [3.8, 4) is 11.5 Å². The number of methoxy groups -OCH3 is 1. The van der Waals surface area contributed by atoms with Gasteiger partial charge in [-0.2, -0.15) is 0 Å². The fraction of sp³-hybridized carbons (Fsp3) is 0.462. The van der Waals surface area contributed by atoms with Gasteiger partial charge in [-0.1, -0.05) is 13.0 Å². The van der Waals surface area contributed by atoms with E-state index < -0.39 is 5.97 Å². The summed E-state index contributed by atoms with van der Waals surface area (Å²) in [6.45, 7) is 1.98. The molecule has 0 radical (unpaired) electrons. The highest BCUT2D eigenvalue weighted by molar-refractivity contribution is 5.74. The monoisotopic (exact) mass is 236 g/mol. The third-order valence-corrected chi connectivity index (χ3v) is 3.50. The first kappa shape index (κ1) is 11.8. The van der Waals surface area contributed by atoms with E-state index in [9.17, 15) is 9.90 Å². The van der Waals surface area contributed by atoms with Crippen molar-refractivity contribution in [1.82, 2.24) is 0 Å². The number of hydrogen-bond donors (Lipinski definition) is 2. The molecule has 1 aliphatic carbocycles. The van der Waals surface area contributed by atoms with Crippen molar-refractivity contribution in [2.24, 2.45) is 11.3 Å². The number of carboxylic acids is 1. The van der Waals surface area contributed by atoms with Crippen molar-refractivity contribution >= 4 is 5.97 Å². The molecule has 1 saturated carbocycles. The molecule has 4 heteroatoms. The van der Waals surface area contributed by atoms with Crippen LogP contribution < -0.4 is 4.74 Å². The first-order valence-corrected chi connectivity index (χ1v) is 5.55. The molecule has 17 heavy (non-hydrogen) atoms. The van der Waals surface area contributed by atoms with E-state index in [0.29, 0.717) is 18.6 Å². The van der Waals surface area contributed by atoms with Crippen LogP contribution in [-0.2, 0) is 11.2 Å². The van der Waals surface area contributed by atoms with Gasteiger partial charge in [0.05, 0.1) is 13.0 Å². The molecule has 1 aromatic carbocycles. The molecule has 4 nitrogen and oxygen atoms in total. The van der Waals surface area contributed by atoms with E-state index in [1.807, 2.05) is 6.92 Å². The summed E-state index contributed by atoms with van der Waals surface area (Å²) in [6.07, 6.45) is 1.41. The zero-order valence-corrected chi connectivity index (χ0v) is 9.93. The van der Waals surface area contributed by atoms with E-state index in [0.717, 1.165) is 5.56 Å². The summed E-state index contributed by atoms with van der Waals surface area (Å²) in [4.78, 5) is 10.9. The highest BCUT2D eigenvalue weighted by atomic mass is 16.5. The lowest BCUT2D eigenvalue weighted by Crippen LogP contribution is -2.09. The molecular weight excluding hydrogens is 220 g/mol. The minimum absolute atomic E-state index is 0.104. The first-order chi connectivity index (χ1) is 7.96. The quantitative estimate of drug-likeness (QED) is 0.839. The van der Waals surface area contributed by atoms with Gasteiger partial charge in [-0.05, 0) is 36.0 Å². The predicted molar refractivity (Wildman–Crippen MR) is 62.2 cm³/mol. The van der Waals surface area contributed by atoms with Gasteiger partial charge in [0, 0.05) is 0 Å². The van der Waals surface area contributed by atoms with Crippen LogP contribution in [0.4, 0.5) is 0 Å². The minimum Gasteiger partial charge on any atom is -0.504 e. The number of phenolic OH excluding ortho intramolecular Hbond substituents is 1. The van der Waals surface area contributed by atoms with Crippen LogP contribution >= 0.6 is 0 Å². The fourth-order valence-corrected chi connectivity index (χ4v) is 2.29. The smallest absolute Gasteiger partial charge is 0.307 e. The molecule has 0 aliphatic heterocycles. The Morgan fingerprint density at radius 2 is 2.29 bits per heavy atom. The number of phenols is 1. The van der Waals surface area contributed by atoms with Gasteiger partial charge in [0.2, 0.25) is 0 Å². The predicted octanol–water partition coefficient (Wildman–Crippen LogP) is 2.05. The molecule has 0 bridgehead atoms. The second kappa shape index (κ2) is 3.95. The normalized spacial score (nSPS) is 26.6. The molecule has 0 saturated heterocycles. The number of hydrogen-bond acceptors (Lipinski definition) is 3. The van der Waals surface area contributed by atoms with E-state index >= 15 is 0 Å². The van der Waals surface area contributed by atoms with E-state index in [4.69, 9.17) is 9.84 Å². The SMILES string of the molecule is COc1cc(CC2(C)CC2C(=O)O)ccc1O. The summed E-state index contributed by atoms with van der Waals surface area (Å²) in [7, 11) is 1.50. The van der Waals surface area contributed by atoms with Crippen molar-refractivity contribution in [2.75, 3.05) is 7.11 Å². The molecule has 0 heterocycles. The molecule has 0 spiro atoms. The zero-order chi connectivity index (χ0) is 12.6. The minimum atomic E-state index is -0.724. The number of aliphatic carboxylic acids is 1. The molecule has 92 valence electrons. The lowest BCUT2D eigenvalue weighted by Gasteiger charge is -2.11. The Labute approximate surface area is 99.8 Å². The highest BCUT2D eigenvalue weighted by Gasteiger charge is 2.54. The first-order valence-electron chi connectivity index (χ1n) is 5.55. The van der Waals surface area contributed by atoms with E-state index in [1.54, 1.807) is 18.2 Å². The second-order valence-corrected chi connectivity index (χ2v) is 4.93. The van der Waals surface area contributed by atoms with Crippen LogP contribution in [0.2, 0.25) is 0 Å². The van der Waals surface area contributed by atoms with Gasteiger partial charge in [-0.25, -0.2) is 0 Å². The van der Waals surface area contributed by atoms with Crippen molar-refractivity contribution in [1.29, 1.82) is 0 Å². The third-order valence-electron chi connectivity index (χ3n) is 3.50. The van der Waals surface area contributed by atoms with Crippen molar-refractivity contribution in [3.05, 3.63) is 23.8 Å².